The molecule has 0 saturated carbocycles. The van der Waals surface area contributed by atoms with Gasteiger partial charge in [0.2, 0.25) is 11.8 Å². The molecule has 1 aliphatic heterocycles. The van der Waals surface area contributed by atoms with Crippen LogP contribution in [0.25, 0.3) is 0 Å². The predicted octanol–water partition coefficient (Wildman–Crippen LogP) is 2.68. The first-order chi connectivity index (χ1) is 10.2. The Bertz CT molecular complexity index is 439. The van der Waals surface area contributed by atoms with Gasteiger partial charge in [-0.1, -0.05) is 12.8 Å². The van der Waals surface area contributed by atoms with Gasteiger partial charge in [-0.3, -0.25) is 4.79 Å². The number of hydrogen-bond acceptors (Lipinski definition) is 4. The third kappa shape index (κ3) is 4.62. The monoisotopic (exact) mass is 291 g/mol. The first kappa shape index (κ1) is 15.6. The van der Waals surface area contributed by atoms with Crippen molar-refractivity contribution >= 4 is 11.6 Å². The number of ether oxygens (including phenoxy) is 1. The van der Waals surface area contributed by atoms with Gasteiger partial charge in [-0.2, -0.15) is 0 Å². The molecule has 0 bridgehead atoms. The molecule has 0 aliphatic carbocycles. The summed E-state index contributed by atoms with van der Waals surface area (Å²) in [7, 11) is 0. The van der Waals surface area contributed by atoms with Crippen LogP contribution in [0, 0.1) is 0 Å². The number of carbonyl (C=O) groups excluding carboxylic acids is 1. The molecule has 1 atom stereocenters. The van der Waals surface area contributed by atoms with Gasteiger partial charge in [0.25, 0.3) is 0 Å². The van der Waals surface area contributed by atoms with E-state index >= 15 is 0 Å². The minimum atomic E-state index is -0.233. The summed E-state index contributed by atoms with van der Waals surface area (Å²) in [5, 5.41) is 3.22. The maximum absolute atomic E-state index is 12.4. The summed E-state index contributed by atoms with van der Waals surface area (Å²) < 4.78 is 5.31. The van der Waals surface area contributed by atoms with E-state index in [0.29, 0.717) is 12.5 Å². The van der Waals surface area contributed by atoms with Crippen LogP contribution in [0.4, 0.5) is 5.69 Å². The van der Waals surface area contributed by atoms with Crippen molar-refractivity contribution in [3.8, 4) is 5.88 Å². The Labute approximate surface area is 126 Å². The van der Waals surface area contributed by atoms with E-state index in [9.17, 15) is 4.79 Å². The number of pyridine rings is 1. The second-order valence-electron chi connectivity index (χ2n) is 5.42. The Morgan fingerprint density at radius 2 is 2.05 bits per heavy atom. The molecule has 2 heterocycles. The van der Waals surface area contributed by atoms with Gasteiger partial charge in [-0.15, -0.1) is 0 Å². The summed E-state index contributed by atoms with van der Waals surface area (Å²) in [4.78, 5) is 18.6. The number of amides is 1. The molecule has 1 fully saturated rings. The smallest absolute Gasteiger partial charge is 0.244 e. The lowest BCUT2D eigenvalue weighted by atomic mass is 10.2. The fourth-order valence-corrected chi connectivity index (χ4v) is 2.58. The predicted molar refractivity (Wildman–Crippen MR) is 83.5 cm³/mol. The molecule has 5 heteroatoms. The molecule has 2 rings (SSSR count). The molecule has 0 radical (unpaired) electrons. The Kier molecular flexibility index (Phi) is 5.84. The maximum Gasteiger partial charge on any atom is 0.244 e. The SMILES string of the molecule is CCOc1ccc(NC(C)C(=O)N2CCCCCC2)cn1. The molecular formula is C16H25N3O2. The summed E-state index contributed by atoms with van der Waals surface area (Å²) in [5.41, 5.74) is 0.842. The molecule has 0 aromatic carbocycles. The molecule has 1 N–H and O–H groups in total. The number of anilines is 1. The lowest BCUT2D eigenvalue weighted by Gasteiger charge is -2.25. The van der Waals surface area contributed by atoms with Crippen LogP contribution in [0.5, 0.6) is 5.88 Å². The summed E-state index contributed by atoms with van der Waals surface area (Å²) in [6.45, 7) is 6.20. The zero-order valence-corrected chi connectivity index (χ0v) is 13.0. The van der Waals surface area contributed by atoms with E-state index in [1.807, 2.05) is 30.9 Å². The zero-order valence-electron chi connectivity index (χ0n) is 13.0. The van der Waals surface area contributed by atoms with Crippen molar-refractivity contribution in [3.05, 3.63) is 18.3 Å². The second kappa shape index (κ2) is 7.86. The second-order valence-corrected chi connectivity index (χ2v) is 5.42. The summed E-state index contributed by atoms with van der Waals surface area (Å²) in [6, 6.07) is 3.47. The molecular weight excluding hydrogens is 266 g/mol. The number of hydrogen-bond donors (Lipinski definition) is 1. The minimum Gasteiger partial charge on any atom is -0.478 e. The molecule has 1 saturated heterocycles. The molecule has 116 valence electrons. The van der Waals surface area contributed by atoms with Crippen molar-refractivity contribution in [2.75, 3.05) is 25.0 Å². The molecule has 1 aliphatic rings. The van der Waals surface area contributed by atoms with E-state index < -0.39 is 0 Å². The normalized spacial score (nSPS) is 17.0. The molecule has 1 aromatic heterocycles. The lowest BCUT2D eigenvalue weighted by molar-refractivity contribution is -0.131. The van der Waals surface area contributed by atoms with Crippen LogP contribution in [-0.4, -0.2) is 41.5 Å². The number of nitrogens with one attached hydrogen (secondary N) is 1. The van der Waals surface area contributed by atoms with Gasteiger partial charge in [0.15, 0.2) is 0 Å². The Morgan fingerprint density at radius 1 is 1.33 bits per heavy atom. The third-order valence-corrected chi connectivity index (χ3v) is 3.70. The van der Waals surface area contributed by atoms with E-state index in [2.05, 4.69) is 10.3 Å². The van der Waals surface area contributed by atoms with Gasteiger partial charge >= 0.3 is 0 Å². The number of aromatic nitrogens is 1. The van der Waals surface area contributed by atoms with E-state index in [1.54, 1.807) is 6.20 Å². The first-order valence-electron chi connectivity index (χ1n) is 7.85. The van der Waals surface area contributed by atoms with Crippen LogP contribution < -0.4 is 10.1 Å². The highest BCUT2D eigenvalue weighted by molar-refractivity contribution is 5.84. The highest BCUT2D eigenvalue weighted by Crippen LogP contribution is 2.15. The quantitative estimate of drug-likeness (QED) is 0.906. The van der Waals surface area contributed by atoms with Gasteiger partial charge in [-0.05, 0) is 32.8 Å². The molecule has 5 nitrogen and oxygen atoms in total. The number of likely N-dealkylation sites (tertiary alicyclic amines) is 1. The van der Waals surface area contributed by atoms with Crippen LogP contribution >= 0.6 is 0 Å². The van der Waals surface area contributed by atoms with E-state index in [1.165, 1.54) is 12.8 Å². The van der Waals surface area contributed by atoms with Crippen molar-refractivity contribution in [2.45, 2.75) is 45.6 Å². The Hall–Kier alpha value is -1.78. The van der Waals surface area contributed by atoms with Crippen molar-refractivity contribution in [3.63, 3.8) is 0 Å². The molecule has 1 amide bonds. The van der Waals surface area contributed by atoms with Gasteiger partial charge < -0.3 is 15.0 Å². The first-order valence-corrected chi connectivity index (χ1v) is 7.85. The summed E-state index contributed by atoms with van der Waals surface area (Å²) in [5.74, 6) is 0.778. The van der Waals surface area contributed by atoms with Crippen LogP contribution in [0.3, 0.4) is 0 Å². The van der Waals surface area contributed by atoms with Gasteiger partial charge in [-0.25, -0.2) is 4.98 Å². The van der Waals surface area contributed by atoms with E-state index in [4.69, 9.17) is 4.74 Å². The van der Waals surface area contributed by atoms with Crippen molar-refractivity contribution in [1.29, 1.82) is 0 Å². The van der Waals surface area contributed by atoms with Crippen molar-refractivity contribution < 1.29 is 9.53 Å². The summed E-state index contributed by atoms with van der Waals surface area (Å²) >= 11 is 0. The zero-order chi connectivity index (χ0) is 15.1. The Morgan fingerprint density at radius 3 is 2.62 bits per heavy atom. The van der Waals surface area contributed by atoms with Crippen molar-refractivity contribution in [1.82, 2.24) is 9.88 Å². The van der Waals surface area contributed by atoms with Gasteiger partial charge in [0.1, 0.15) is 6.04 Å². The van der Waals surface area contributed by atoms with Crippen LogP contribution in [0.1, 0.15) is 39.5 Å². The fraction of sp³-hybridized carbons (Fsp3) is 0.625. The maximum atomic E-state index is 12.4. The third-order valence-electron chi connectivity index (χ3n) is 3.70. The van der Waals surface area contributed by atoms with E-state index in [0.717, 1.165) is 31.6 Å². The average Bonchev–Trinajstić information content (AvgIpc) is 2.78. The number of carbonyl (C=O) groups is 1. The number of rotatable bonds is 5. The molecule has 0 spiro atoms. The van der Waals surface area contributed by atoms with Crippen LogP contribution in [0.15, 0.2) is 18.3 Å². The standard InChI is InChI=1S/C16H25N3O2/c1-3-21-15-9-8-14(12-17-15)18-13(2)16(20)19-10-6-4-5-7-11-19/h8-9,12-13,18H,3-7,10-11H2,1-2H3. The highest BCUT2D eigenvalue weighted by Gasteiger charge is 2.21. The van der Waals surface area contributed by atoms with Crippen LogP contribution in [0.2, 0.25) is 0 Å². The minimum absolute atomic E-state index is 0.172. The largest absolute Gasteiger partial charge is 0.478 e. The van der Waals surface area contributed by atoms with Gasteiger partial charge in [0.05, 0.1) is 18.5 Å². The van der Waals surface area contributed by atoms with Gasteiger partial charge in [0, 0.05) is 19.2 Å². The Balaban J connectivity index is 1.90. The molecule has 1 unspecified atom stereocenters. The molecule has 1 aromatic rings. The summed E-state index contributed by atoms with van der Waals surface area (Å²) in [6.07, 6.45) is 6.39. The van der Waals surface area contributed by atoms with Crippen molar-refractivity contribution in [2.24, 2.45) is 0 Å². The average molecular weight is 291 g/mol. The lowest BCUT2D eigenvalue weighted by Crippen LogP contribution is -2.41. The fourth-order valence-electron chi connectivity index (χ4n) is 2.58. The van der Waals surface area contributed by atoms with E-state index in [-0.39, 0.29) is 11.9 Å². The van der Waals surface area contributed by atoms with Crippen LogP contribution in [-0.2, 0) is 4.79 Å². The highest BCUT2D eigenvalue weighted by atomic mass is 16.5. The topological polar surface area (TPSA) is 54.5 Å². The molecule has 21 heavy (non-hydrogen) atoms. The number of nitrogens with zero attached hydrogens (tertiary/aromatic N) is 2.